The van der Waals surface area contributed by atoms with Crippen LogP contribution in [-0.4, -0.2) is 58.9 Å². The summed E-state index contributed by atoms with van der Waals surface area (Å²) in [5.74, 6) is 0. The van der Waals surface area contributed by atoms with E-state index in [1.165, 1.54) is 11.8 Å². The van der Waals surface area contributed by atoms with Crippen molar-refractivity contribution in [2.45, 2.75) is 49.8 Å². The van der Waals surface area contributed by atoms with E-state index in [0.717, 1.165) is 49.6 Å². The summed E-state index contributed by atoms with van der Waals surface area (Å²) < 4.78 is 5.23. The van der Waals surface area contributed by atoms with E-state index in [4.69, 9.17) is 10.00 Å². The molecule has 7 heteroatoms. The molecule has 0 aliphatic carbocycles. The summed E-state index contributed by atoms with van der Waals surface area (Å²) in [5.41, 5.74) is 1.63. The Labute approximate surface area is 153 Å². The van der Waals surface area contributed by atoms with Crippen LogP contribution in [0.2, 0.25) is 0 Å². The first-order valence-corrected chi connectivity index (χ1v) is 10.00. The van der Waals surface area contributed by atoms with Gasteiger partial charge in [-0.25, -0.2) is 9.78 Å². The Hall–Kier alpha value is -1.78. The van der Waals surface area contributed by atoms with E-state index >= 15 is 0 Å². The Morgan fingerprint density at radius 3 is 2.80 bits per heavy atom. The number of amides is 1. The van der Waals surface area contributed by atoms with Crippen molar-refractivity contribution in [3.63, 3.8) is 0 Å². The van der Waals surface area contributed by atoms with Crippen LogP contribution in [0.25, 0.3) is 0 Å². The molecule has 134 valence electrons. The van der Waals surface area contributed by atoms with Crippen LogP contribution in [0.15, 0.2) is 17.2 Å². The van der Waals surface area contributed by atoms with Gasteiger partial charge in [-0.2, -0.15) is 5.26 Å². The summed E-state index contributed by atoms with van der Waals surface area (Å²) in [4.78, 5) is 20.9. The van der Waals surface area contributed by atoms with Gasteiger partial charge < -0.3 is 4.74 Å². The summed E-state index contributed by atoms with van der Waals surface area (Å²) >= 11 is 1.51. The van der Waals surface area contributed by atoms with Crippen molar-refractivity contribution < 1.29 is 9.53 Å². The lowest BCUT2D eigenvalue weighted by Crippen LogP contribution is -2.48. The molecule has 2 saturated heterocycles. The first kappa shape index (κ1) is 18.0. The smallest absolute Gasteiger partial charge is 0.410 e. The van der Waals surface area contributed by atoms with Crippen LogP contribution in [0.4, 0.5) is 4.79 Å². The van der Waals surface area contributed by atoms with E-state index < -0.39 is 0 Å². The van der Waals surface area contributed by atoms with Gasteiger partial charge in [0, 0.05) is 25.7 Å². The highest BCUT2D eigenvalue weighted by Gasteiger charge is 2.38. The molecule has 0 aromatic carbocycles. The van der Waals surface area contributed by atoms with Crippen LogP contribution in [0.3, 0.4) is 0 Å². The van der Waals surface area contributed by atoms with E-state index in [9.17, 15) is 4.79 Å². The molecule has 6 nitrogen and oxygen atoms in total. The van der Waals surface area contributed by atoms with Gasteiger partial charge in [0.05, 0.1) is 17.3 Å². The minimum absolute atomic E-state index is 0.149. The molecule has 1 aromatic rings. The molecular formula is C18H24N4O2S. The monoisotopic (exact) mass is 360 g/mol. The largest absolute Gasteiger partial charge is 0.447 e. The van der Waals surface area contributed by atoms with Crippen molar-refractivity contribution in [2.75, 3.05) is 26.0 Å². The number of aromatic nitrogens is 1. The van der Waals surface area contributed by atoms with Gasteiger partial charge in [0.15, 0.2) is 0 Å². The summed E-state index contributed by atoms with van der Waals surface area (Å²) in [6.45, 7) is 5.31. The first-order chi connectivity index (χ1) is 12.2. The van der Waals surface area contributed by atoms with E-state index in [2.05, 4.69) is 22.9 Å². The zero-order valence-electron chi connectivity index (χ0n) is 14.8. The van der Waals surface area contributed by atoms with Crippen molar-refractivity contribution >= 4 is 17.9 Å². The van der Waals surface area contributed by atoms with Crippen LogP contribution < -0.4 is 0 Å². The zero-order chi connectivity index (χ0) is 17.8. The van der Waals surface area contributed by atoms with Gasteiger partial charge in [0.25, 0.3) is 0 Å². The highest BCUT2D eigenvalue weighted by molar-refractivity contribution is 7.98. The number of hydrogen-bond donors (Lipinski definition) is 0. The molecule has 0 saturated carbocycles. The lowest BCUT2D eigenvalue weighted by Gasteiger charge is -2.37. The molecule has 2 fully saturated rings. The number of pyridine rings is 1. The van der Waals surface area contributed by atoms with E-state index in [1.807, 2.05) is 23.3 Å². The van der Waals surface area contributed by atoms with Crippen LogP contribution in [-0.2, 0) is 11.3 Å². The number of likely N-dealkylation sites (tertiary alicyclic amines) is 1. The summed E-state index contributed by atoms with van der Waals surface area (Å²) in [7, 11) is 0. The number of cyclic esters (lactones) is 1. The molecular weight excluding hydrogens is 336 g/mol. The van der Waals surface area contributed by atoms with Gasteiger partial charge in [-0.1, -0.05) is 6.92 Å². The number of piperidine rings is 1. The predicted molar refractivity (Wildman–Crippen MR) is 96.3 cm³/mol. The number of nitriles is 1. The number of carbonyl (C=O) groups excluding carboxylic acids is 1. The molecule has 1 atom stereocenters. The Balaban J connectivity index is 1.58. The molecule has 0 bridgehead atoms. The number of nitrogens with zero attached hydrogens (tertiary/aromatic N) is 4. The fourth-order valence-corrected chi connectivity index (χ4v) is 4.17. The molecule has 0 radical (unpaired) electrons. The molecule has 3 rings (SSSR count). The second kappa shape index (κ2) is 8.07. The Bertz CT molecular complexity index is 668. The fraction of sp³-hybridized carbons (Fsp3) is 0.611. The average Bonchev–Trinajstić information content (AvgIpc) is 3.03. The van der Waals surface area contributed by atoms with Gasteiger partial charge in [-0.3, -0.25) is 9.80 Å². The Kier molecular flexibility index (Phi) is 5.82. The fourth-order valence-electron chi connectivity index (χ4n) is 3.63. The first-order valence-electron chi connectivity index (χ1n) is 8.77. The zero-order valence-corrected chi connectivity index (χ0v) is 15.6. The third-order valence-corrected chi connectivity index (χ3v) is 5.74. The van der Waals surface area contributed by atoms with E-state index in [-0.39, 0.29) is 18.2 Å². The van der Waals surface area contributed by atoms with Gasteiger partial charge in [-0.05, 0) is 37.7 Å². The molecule has 2 aliphatic heterocycles. The maximum atomic E-state index is 12.0. The normalized spacial score (nSPS) is 22.0. The summed E-state index contributed by atoms with van der Waals surface area (Å²) in [6.07, 6.45) is 4.67. The van der Waals surface area contributed by atoms with Crippen molar-refractivity contribution in [2.24, 2.45) is 0 Å². The topological polar surface area (TPSA) is 69.5 Å². The molecule has 2 aliphatic rings. The number of ether oxygens (including phenoxy) is 1. The second-order valence-corrected chi connectivity index (χ2v) is 7.32. The molecule has 0 N–H and O–H groups in total. The van der Waals surface area contributed by atoms with Crippen molar-refractivity contribution in [3.05, 3.63) is 23.4 Å². The minimum Gasteiger partial charge on any atom is -0.447 e. The van der Waals surface area contributed by atoms with Gasteiger partial charge >= 0.3 is 6.09 Å². The standard InChI is InChI=1S/C18H24N4O2S/c1-3-15-12-24-18(23)22(15)16-6-8-21(9-7-16)11-14-5-4-13(10-19)17(20-14)25-2/h4-5,15-16H,3,6-9,11-12H2,1-2H3. The van der Waals surface area contributed by atoms with Crippen molar-refractivity contribution in [3.8, 4) is 6.07 Å². The molecule has 1 aromatic heterocycles. The lowest BCUT2D eigenvalue weighted by molar-refractivity contribution is 0.103. The summed E-state index contributed by atoms with van der Waals surface area (Å²) in [5, 5.41) is 9.89. The van der Waals surface area contributed by atoms with Crippen molar-refractivity contribution in [1.82, 2.24) is 14.8 Å². The molecule has 0 spiro atoms. The number of rotatable bonds is 5. The molecule has 1 amide bonds. The van der Waals surface area contributed by atoms with Crippen LogP contribution in [0.1, 0.15) is 37.4 Å². The van der Waals surface area contributed by atoms with Crippen LogP contribution in [0.5, 0.6) is 0 Å². The third kappa shape index (κ3) is 3.91. The van der Waals surface area contributed by atoms with E-state index in [0.29, 0.717) is 12.2 Å². The highest BCUT2D eigenvalue weighted by Crippen LogP contribution is 2.26. The van der Waals surface area contributed by atoms with Crippen LogP contribution in [0, 0.1) is 11.3 Å². The van der Waals surface area contributed by atoms with Gasteiger partial charge in [0.1, 0.15) is 17.7 Å². The Morgan fingerprint density at radius 1 is 1.40 bits per heavy atom. The lowest BCUT2D eigenvalue weighted by atomic mass is 10.0. The van der Waals surface area contributed by atoms with Crippen molar-refractivity contribution in [1.29, 1.82) is 5.26 Å². The SMILES string of the molecule is CCC1COC(=O)N1C1CCN(Cc2ccc(C#N)c(SC)n2)CC1. The number of thioether (sulfide) groups is 1. The predicted octanol–water partition coefficient (Wildman–Crippen LogP) is 2.87. The maximum absolute atomic E-state index is 12.0. The van der Waals surface area contributed by atoms with Gasteiger partial charge in [-0.15, -0.1) is 11.8 Å². The Morgan fingerprint density at radius 2 is 2.16 bits per heavy atom. The molecule has 3 heterocycles. The second-order valence-electron chi connectivity index (χ2n) is 6.52. The highest BCUT2D eigenvalue weighted by atomic mass is 32.2. The quantitative estimate of drug-likeness (QED) is 0.752. The maximum Gasteiger partial charge on any atom is 0.410 e. The molecule has 25 heavy (non-hydrogen) atoms. The average molecular weight is 360 g/mol. The molecule has 1 unspecified atom stereocenters. The summed E-state index contributed by atoms with van der Waals surface area (Å²) in [6, 6.07) is 6.49. The number of carbonyl (C=O) groups is 1. The van der Waals surface area contributed by atoms with Crippen LogP contribution >= 0.6 is 11.8 Å². The minimum atomic E-state index is -0.149. The van der Waals surface area contributed by atoms with Gasteiger partial charge in [0.2, 0.25) is 0 Å². The number of hydrogen-bond acceptors (Lipinski definition) is 6. The third-order valence-electron chi connectivity index (χ3n) is 5.04. The van der Waals surface area contributed by atoms with E-state index in [1.54, 1.807) is 0 Å².